The molecule has 5 heteroatoms. The first kappa shape index (κ1) is 9.21. The van der Waals surface area contributed by atoms with Crippen molar-refractivity contribution in [3.63, 3.8) is 0 Å². The van der Waals surface area contributed by atoms with Crippen molar-refractivity contribution < 1.29 is 4.79 Å². The molecule has 0 spiro atoms. The molecule has 14 heavy (non-hydrogen) atoms. The van der Waals surface area contributed by atoms with Crippen molar-refractivity contribution in [2.45, 2.75) is 31.3 Å². The van der Waals surface area contributed by atoms with Crippen molar-refractivity contribution in [3.8, 4) is 0 Å². The number of amides is 1. The lowest BCUT2D eigenvalue weighted by atomic mass is 10.2. The van der Waals surface area contributed by atoms with Gasteiger partial charge in [-0.3, -0.25) is 4.79 Å². The Hall–Kier alpha value is -1.36. The molecule has 0 aromatic carbocycles. The summed E-state index contributed by atoms with van der Waals surface area (Å²) in [6.45, 7) is 0. The monoisotopic (exact) mass is 194 g/mol. The molecule has 2 atom stereocenters. The Morgan fingerprint density at radius 3 is 2.86 bits per heavy atom. The van der Waals surface area contributed by atoms with Crippen LogP contribution in [0.25, 0.3) is 0 Å². The molecule has 5 nitrogen and oxygen atoms in total. The molecule has 2 unspecified atom stereocenters. The van der Waals surface area contributed by atoms with E-state index in [0.717, 1.165) is 19.3 Å². The largest absolute Gasteiger partial charge is 0.364 e. The second kappa shape index (κ2) is 3.42. The molecule has 1 amide bonds. The SMILES string of the molecule is NC(=O)c1cn(C2CCCC2N)cn1. The van der Waals surface area contributed by atoms with Crippen LogP contribution in [0.5, 0.6) is 0 Å². The lowest BCUT2D eigenvalue weighted by Crippen LogP contribution is -2.26. The summed E-state index contributed by atoms with van der Waals surface area (Å²) in [6, 6.07) is 0.445. The molecule has 0 saturated heterocycles. The van der Waals surface area contributed by atoms with Crippen LogP contribution in [0.1, 0.15) is 35.8 Å². The number of rotatable bonds is 2. The van der Waals surface area contributed by atoms with Gasteiger partial charge >= 0.3 is 0 Å². The Kier molecular flexibility index (Phi) is 2.25. The van der Waals surface area contributed by atoms with Gasteiger partial charge in [0.05, 0.1) is 6.33 Å². The van der Waals surface area contributed by atoms with Crippen LogP contribution in [-0.4, -0.2) is 21.5 Å². The summed E-state index contributed by atoms with van der Waals surface area (Å²) < 4.78 is 1.90. The van der Waals surface area contributed by atoms with Crippen molar-refractivity contribution in [1.29, 1.82) is 0 Å². The molecule has 1 aromatic heterocycles. The van der Waals surface area contributed by atoms with Crippen LogP contribution in [-0.2, 0) is 0 Å². The summed E-state index contributed by atoms with van der Waals surface area (Å²) in [5, 5.41) is 0. The standard InChI is InChI=1S/C9H14N4O/c10-6-2-1-3-8(6)13-4-7(9(11)14)12-5-13/h4-6,8H,1-3,10H2,(H2,11,14). The highest BCUT2D eigenvalue weighted by atomic mass is 16.1. The van der Waals surface area contributed by atoms with Gasteiger partial charge in [0.15, 0.2) is 0 Å². The molecule has 2 rings (SSSR count). The molecule has 0 aliphatic heterocycles. The second-order valence-corrected chi connectivity index (χ2v) is 3.73. The van der Waals surface area contributed by atoms with E-state index >= 15 is 0 Å². The number of hydrogen-bond acceptors (Lipinski definition) is 3. The van der Waals surface area contributed by atoms with Gasteiger partial charge in [0.25, 0.3) is 5.91 Å². The maximum Gasteiger partial charge on any atom is 0.268 e. The first-order valence-corrected chi connectivity index (χ1v) is 4.77. The van der Waals surface area contributed by atoms with E-state index in [-0.39, 0.29) is 12.1 Å². The van der Waals surface area contributed by atoms with Gasteiger partial charge < -0.3 is 16.0 Å². The zero-order chi connectivity index (χ0) is 10.1. The first-order valence-electron chi connectivity index (χ1n) is 4.77. The highest BCUT2D eigenvalue weighted by Crippen LogP contribution is 2.28. The summed E-state index contributed by atoms with van der Waals surface area (Å²) >= 11 is 0. The summed E-state index contributed by atoms with van der Waals surface area (Å²) in [5.74, 6) is -0.490. The smallest absolute Gasteiger partial charge is 0.268 e. The summed E-state index contributed by atoms with van der Waals surface area (Å²) in [6.07, 6.45) is 6.54. The molecule has 1 aliphatic rings. The van der Waals surface area contributed by atoms with E-state index in [1.54, 1.807) is 12.5 Å². The van der Waals surface area contributed by atoms with E-state index in [1.807, 2.05) is 4.57 Å². The number of hydrogen-bond donors (Lipinski definition) is 2. The minimum atomic E-state index is -0.490. The number of carbonyl (C=O) groups excluding carboxylic acids is 1. The Morgan fingerprint density at radius 1 is 1.57 bits per heavy atom. The minimum Gasteiger partial charge on any atom is -0.364 e. The van der Waals surface area contributed by atoms with Crippen LogP contribution in [0.2, 0.25) is 0 Å². The highest BCUT2D eigenvalue weighted by Gasteiger charge is 2.25. The van der Waals surface area contributed by atoms with Crippen molar-refractivity contribution in [2.75, 3.05) is 0 Å². The first-order chi connectivity index (χ1) is 6.68. The van der Waals surface area contributed by atoms with E-state index in [1.165, 1.54) is 0 Å². The van der Waals surface area contributed by atoms with Gasteiger partial charge in [0.2, 0.25) is 0 Å². The lowest BCUT2D eigenvalue weighted by molar-refractivity contribution is 0.0996. The molecule has 76 valence electrons. The average molecular weight is 194 g/mol. The van der Waals surface area contributed by atoms with Crippen LogP contribution in [0.15, 0.2) is 12.5 Å². The van der Waals surface area contributed by atoms with E-state index < -0.39 is 5.91 Å². The van der Waals surface area contributed by atoms with Crippen LogP contribution in [0.3, 0.4) is 0 Å². The number of aromatic nitrogens is 2. The molecule has 1 heterocycles. The Morgan fingerprint density at radius 2 is 2.36 bits per heavy atom. The van der Waals surface area contributed by atoms with E-state index in [4.69, 9.17) is 11.5 Å². The predicted octanol–water partition coefficient (Wildman–Crippen LogP) is 0.0343. The van der Waals surface area contributed by atoms with Gasteiger partial charge in [-0.1, -0.05) is 0 Å². The molecule has 0 bridgehead atoms. The third-order valence-electron chi connectivity index (χ3n) is 2.77. The third kappa shape index (κ3) is 1.50. The highest BCUT2D eigenvalue weighted by molar-refractivity contribution is 5.90. The van der Waals surface area contributed by atoms with E-state index in [0.29, 0.717) is 5.69 Å². The molecule has 1 fully saturated rings. The van der Waals surface area contributed by atoms with Gasteiger partial charge in [0, 0.05) is 18.3 Å². The molecule has 1 saturated carbocycles. The number of carbonyl (C=O) groups is 1. The molecule has 1 aromatic rings. The molecular weight excluding hydrogens is 180 g/mol. The fourth-order valence-electron chi connectivity index (χ4n) is 1.98. The van der Waals surface area contributed by atoms with E-state index in [2.05, 4.69) is 4.98 Å². The Bertz CT molecular complexity index is 346. The quantitative estimate of drug-likeness (QED) is 0.696. The van der Waals surface area contributed by atoms with Crippen LogP contribution < -0.4 is 11.5 Å². The summed E-state index contributed by atoms with van der Waals surface area (Å²) in [4.78, 5) is 14.8. The molecule has 4 N–H and O–H groups in total. The van der Waals surface area contributed by atoms with Crippen LogP contribution in [0, 0.1) is 0 Å². The summed E-state index contributed by atoms with van der Waals surface area (Å²) in [5.41, 5.74) is 11.4. The van der Waals surface area contributed by atoms with Gasteiger partial charge in [-0.2, -0.15) is 0 Å². The van der Waals surface area contributed by atoms with E-state index in [9.17, 15) is 4.79 Å². The summed E-state index contributed by atoms with van der Waals surface area (Å²) in [7, 11) is 0. The Balaban J connectivity index is 2.20. The fraction of sp³-hybridized carbons (Fsp3) is 0.556. The number of nitrogens with zero attached hydrogens (tertiary/aromatic N) is 2. The minimum absolute atomic E-state index is 0.171. The van der Waals surface area contributed by atoms with Crippen molar-refractivity contribution in [3.05, 3.63) is 18.2 Å². The zero-order valence-corrected chi connectivity index (χ0v) is 7.89. The van der Waals surface area contributed by atoms with Crippen molar-refractivity contribution in [1.82, 2.24) is 9.55 Å². The van der Waals surface area contributed by atoms with Gasteiger partial charge in [-0.05, 0) is 19.3 Å². The zero-order valence-electron chi connectivity index (χ0n) is 7.89. The second-order valence-electron chi connectivity index (χ2n) is 3.73. The third-order valence-corrected chi connectivity index (χ3v) is 2.77. The van der Waals surface area contributed by atoms with Crippen molar-refractivity contribution in [2.24, 2.45) is 11.5 Å². The fourth-order valence-corrected chi connectivity index (χ4v) is 1.98. The maximum absolute atomic E-state index is 10.8. The maximum atomic E-state index is 10.8. The Labute approximate surface area is 82.1 Å². The van der Waals surface area contributed by atoms with Crippen LogP contribution in [0.4, 0.5) is 0 Å². The number of imidazole rings is 1. The molecule has 1 aliphatic carbocycles. The van der Waals surface area contributed by atoms with Gasteiger partial charge in [0.1, 0.15) is 5.69 Å². The topological polar surface area (TPSA) is 86.9 Å². The van der Waals surface area contributed by atoms with Crippen LogP contribution >= 0.6 is 0 Å². The number of nitrogens with two attached hydrogens (primary N) is 2. The predicted molar refractivity (Wildman–Crippen MR) is 51.6 cm³/mol. The van der Waals surface area contributed by atoms with Gasteiger partial charge in [-0.15, -0.1) is 0 Å². The average Bonchev–Trinajstić information content (AvgIpc) is 2.71. The molecular formula is C9H14N4O. The van der Waals surface area contributed by atoms with Crippen molar-refractivity contribution >= 4 is 5.91 Å². The molecule has 0 radical (unpaired) electrons. The number of primary amides is 1. The normalized spacial score (nSPS) is 26.6. The lowest BCUT2D eigenvalue weighted by Gasteiger charge is -2.16. The van der Waals surface area contributed by atoms with Gasteiger partial charge in [-0.25, -0.2) is 4.98 Å².